The number of fused-ring (bicyclic) bond motifs is 30. The molecule has 29 aromatic rings. The minimum atomic E-state index is -0.218. The van der Waals surface area contributed by atoms with E-state index >= 15 is 0 Å². The van der Waals surface area contributed by atoms with Gasteiger partial charge in [0.1, 0.15) is 5.82 Å². The monoisotopic (exact) mass is 1790 g/mol. The highest BCUT2D eigenvalue weighted by molar-refractivity contribution is 6.40. The Morgan fingerprint density at radius 1 is 0.163 bits per heavy atom. The first-order chi connectivity index (χ1) is 69.9. The Kier molecular flexibility index (Phi) is 19.6. The van der Waals surface area contributed by atoms with Crippen LogP contribution in [0.5, 0.6) is 0 Å². The van der Waals surface area contributed by atoms with Gasteiger partial charge in [0.15, 0.2) is 0 Å². The molecule has 0 amide bonds. The summed E-state index contributed by atoms with van der Waals surface area (Å²) in [4.78, 5) is 9.61. The summed E-state index contributed by atoms with van der Waals surface area (Å²) in [7, 11) is 0. The normalized spacial score (nSPS) is 11.7. The van der Waals surface area contributed by atoms with Gasteiger partial charge in [0.2, 0.25) is 0 Å². The molecule has 0 atom stereocenters. The molecule has 0 aliphatic heterocycles. The van der Waals surface area contributed by atoms with Crippen LogP contribution in [-0.2, 0) is 0 Å². The minimum Gasteiger partial charge on any atom is -0.256 e. The van der Waals surface area contributed by atoms with E-state index in [0.29, 0.717) is 5.56 Å². The van der Waals surface area contributed by atoms with Crippen molar-refractivity contribution in [3.63, 3.8) is 0 Å². The van der Waals surface area contributed by atoms with E-state index in [1.807, 2.05) is 36.7 Å². The SMILES string of the molecule is Fc1ccc2c(c1)c1ccc3ccccc3c1c1cc3c(-c4ccccc4)c4ccccc4c(-c4ccccc4)c3cc21.N#Cc1ccc2c(c1)c1ccc3ccccc3c1c1cc3c(-c4ccccc4)c4ccccc4c(-c4ccccc4)c3cc21.c1ccc(-c2c3ccccc3c(-c3ccccc3)c3cc4c(cc23)c2ccc(-c3ccccn3)cc2c2cc(-c3ccccn3)c3ccccc3c24)cc1. The summed E-state index contributed by atoms with van der Waals surface area (Å²) in [6.07, 6.45) is 3.76. The van der Waals surface area contributed by atoms with Crippen molar-refractivity contribution in [2.75, 3.05) is 0 Å². The summed E-state index contributed by atoms with van der Waals surface area (Å²) >= 11 is 0. The Hall–Kier alpha value is -18.7. The zero-order chi connectivity index (χ0) is 93.3. The fourth-order valence-corrected chi connectivity index (χ4v) is 23.4. The van der Waals surface area contributed by atoms with Gasteiger partial charge in [-0.3, -0.25) is 9.97 Å². The van der Waals surface area contributed by atoms with E-state index in [1.54, 1.807) is 12.1 Å². The number of nitriles is 1. The van der Waals surface area contributed by atoms with Crippen LogP contribution in [-0.4, -0.2) is 9.97 Å². The second kappa shape index (κ2) is 33.7. The topological polar surface area (TPSA) is 49.6 Å². The number of nitrogens with zero attached hydrogens (tertiary/aromatic N) is 3. The van der Waals surface area contributed by atoms with Gasteiger partial charge in [-0.1, -0.05) is 388 Å². The van der Waals surface area contributed by atoms with Gasteiger partial charge in [0, 0.05) is 23.5 Å². The molecule has 2 aromatic heterocycles. The number of hydrogen-bond acceptors (Lipinski definition) is 3. The minimum absolute atomic E-state index is 0.218. The number of halogens is 1. The van der Waals surface area contributed by atoms with Crippen LogP contribution in [0.15, 0.2) is 498 Å². The van der Waals surface area contributed by atoms with E-state index in [4.69, 9.17) is 9.97 Å². The van der Waals surface area contributed by atoms with Crippen LogP contribution in [0.1, 0.15) is 5.56 Å². The third-order valence-corrected chi connectivity index (χ3v) is 29.4. The summed E-state index contributed by atoms with van der Waals surface area (Å²) < 4.78 is 14.8. The molecule has 0 saturated heterocycles. The van der Waals surface area contributed by atoms with Gasteiger partial charge < -0.3 is 0 Å². The van der Waals surface area contributed by atoms with Gasteiger partial charge >= 0.3 is 0 Å². The second-order valence-electron chi connectivity index (χ2n) is 37.0. The molecule has 0 radical (unpaired) electrons. The third kappa shape index (κ3) is 13.5. The molecule has 0 unspecified atom stereocenters. The molecule has 4 heteroatoms. The van der Waals surface area contributed by atoms with Crippen LogP contribution in [0.3, 0.4) is 0 Å². The molecule has 3 nitrogen and oxygen atoms in total. The maximum atomic E-state index is 14.8. The molecule has 0 N–H and O–H groups in total. The Morgan fingerprint density at radius 3 is 0.801 bits per heavy atom. The van der Waals surface area contributed by atoms with Gasteiger partial charge in [-0.25, -0.2) is 4.39 Å². The molecule has 0 fully saturated rings. The molecule has 29 rings (SSSR count). The highest BCUT2D eigenvalue weighted by Gasteiger charge is 2.27. The second-order valence-corrected chi connectivity index (χ2v) is 37.0. The quantitative estimate of drug-likeness (QED) is 0.113. The Balaban J connectivity index is 0.000000107. The summed E-state index contributed by atoms with van der Waals surface area (Å²) in [6, 6.07) is 176. The van der Waals surface area contributed by atoms with Gasteiger partial charge in [0.25, 0.3) is 0 Å². The van der Waals surface area contributed by atoms with E-state index in [-0.39, 0.29) is 5.82 Å². The number of aromatic nitrogens is 2. The molecule has 0 saturated carbocycles. The van der Waals surface area contributed by atoms with Crippen molar-refractivity contribution in [1.29, 1.82) is 5.26 Å². The van der Waals surface area contributed by atoms with Crippen molar-refractivity contribution in [2.24, 2.45) is 0 Å². The average Bonchev–Trinajstić information content (AvgIpc) is 0.712. The van der Waals surface area contributed by atoms with Crippen LogP contribution >= 0.6 is 0 Å². The van der Waals surface area contributed by atoms with Crippen molar-refractivity contribution < 1.29 is 4.39 Å². The molecule has 2 heterocycles. The number of benzene rings is 27. The first-order valence-electron chi connectivity index (χ1n) is 48.2. The lowest BCUT2D eigenvalue weighted by atomic mass is 9.82. The van der Waals surface area contributed by atoms with Crippen molar-refractivity contribution in [3.05, 3.63) is 509 Å². The highest BCUT2D eigenvalue weighted by Crippen LogP contribution is 2.55. The zero-order valence-electron chi connectivity index (χ0n) is 76.6. The molecule has 141 heavy (non-hydrogen) atoms. The summed E-state index contributed by atoms with van der Waals surface area (Å²) in [5.41, 5.74) is 19.5. The van der Waals surface area contributed by atoms with Crippen LogP contribution in [0.25, 0.3) is 283 Å². The summed E-state index contributed by atoms with van der Waals surface area (Å²) in [5, 5.41) is 52.9. The molecular formula is C137H82FN3. The van der Waals surface area contributed by atoms with Crippen LogP contribution < -0.4 is 0 Å². The van der Waals surface area contributed by atoms with Crippen LogP contribution in [0.4, 0.5) is 4.39 Å². The maximum Gasteiger partial charge on any atom is 0.123 e. The fraction of sp³-hybridized carbons (Fsp3) is 0. The predicted molar refractivity (Wildman–Crippen MR) is 598 cm³/mol. The summed E-state index contributed by atoms with van der Waals surface area (Å²) in [6.45, 7) is 0. The standard InChI is InChI=1S/C52H32N2.C43H25N.C42H25F/c1-3-15-33(16-4-1)50-39-21-9-10-22-40(39)51(34-17-5-2-6-18-34)47-32-45-42(30-46(47)50)37-26-25-35(48-23-11-13-27-53-48)29-41(37)44-31-43(49-24-12-14-28-54-49)36-19-7-8-20-38(36)52(44)45;44-26-27-19-21-32-36(23-27)35-22-20-28-11-7-8-16-31(28)43(35)38-25-40-39(24-37(32)38)41(29-12-3-1-4-13-29)33-17-9-10-18-34(33)42(40)30-14-5-2-6-15-30;43-29-20-22-31-35(23-29)34-21-19-26-11-7-8-16-30(26)42(34)37-25-39-38(24-36(31)37)40(27-12-3-1-4-13-27)32-17-9-10-18-33(32)41(39)28-14-5-2-6-15-28/h1-32H;1-25H;1-25H. The van der Waals surface area contributed by atoms with Gasteiger partial charge in [-0.2, -0.15) is 5.26 Å². The predicted octanol–water partition coefficient (Wildman–Crippen LogP) is 38.0. The molecule has 27 aromatic carbocycles. The van der Waals surface area contributed by atoms with E-state index < -0.39 is 0 Å². The van der Waals surface area contributed by atoms with E-state index in [2.05, 4.69) is 455 Å². The number of hydrogen-bond donors (Lipinski definition) is 0. The molecular weight excluding hydrogens is 1710 g/mol. The first kappa shape index (κ1) is 81.9. The Labute approximate surface area is 812 Å². The molecule has 0 bridgehead atoms. The lowest BCUT2D eigenvalue weighted by Gasteiger charge is -2.21. The zero-order valence-corrected chi connectivity index (χ0v) is 76.6. The Bertz CT molecular complexity index is 10300. The van der Waals surface area contributed by atoms with Gasteiger partial charge in [-0.15, -0.1) is 0 Å². The van der Waals surface area contributed by atoms with Gasteiger partial charge in [-0.05, 0) is 358 Å². The van der Waals surface area contributed by atoms with Crippen molar-refractivity contribution >= 4 is 194 Å². The lowest BCUT2D eigenvalue weighted by molar-refractivity contribution is 0.630. The van der Waals surface area contributed by atoms with E-state index in [1.165, 1.54) is 228 Å². The van der Waals surface area contributed by atoms with Crippen LogP contribution in [0.2, 0.25) is 0 Å². The first-order valence-corrected chi connectivity index (χ1v) is 48.2. The smallest absolute Gasteiger partial charge is 0.123 e. The largest absolute Gasteiger partial charge is 0.256 e. The Morgan fingerprint density at radius 2 is 0.433 bits per heavy atom. The average molecular weight is 1790 g/mol. The maximum absolute atomic E-state index is 14.8. The van der Waals surface area contributed by atoms with E-state index in [9.17, 15) is 9.65 Å². The molecule has 0 aliphatic rings. The van der Waals surface area contributed by atoms with Crippen molar-refractivity contribution in [1.82, 2.24) is 9.97 Å². The lowest BCUT2D eigenvalue weighted by Crippen LogP contribution is -1.94. The van der Waals surface area contributed by atoms with Crippen molar-refractivity contribution in [2.45, 2.75) is 0 Å². The fourth-order valence-electron chi connectivity index (χ4n) is 23.4. The van der Waals surface area contributed by atoms with E-state index in [0.717, 1.165) is 54.8 Å². The number of rotatable bonds is 8. The van der Waals surface area contributed by atoms with Crippen molar-refractivity contribution in [3.8, 4) is 95.3 Å². The molecule has 0 aliphatic carbocycles. The van der Waals surface area contributed by atoms with Crippen LogP contribution in [0, 0.1) is 17.1 Å². The summed E-state index contributed by atoms with van der Waals surface area (Å²) in [5.74, 6) is -0.218. The number of pyridine rings is 2. The molecule has 652 valence electrons. The molecule has 0 spiro atoms. The highest BCUT2D eigenvalue weighted by atomic mass is 19.1. The third-order valence-electron chi connectivity index (χ3n) is 29.4. The van der Waals surface area contributed by atoms with Gasteiger partial charge in [0.05, 0.1) is 23.0 Å².